The summed E-state index contributed by atoms with van der Waals surface area (Å²) < 4.78 is 5.06. The Bertz CT molecular complexity index is 690. The first-order chi connectivity index (χ1) is 12.0. The maximum atomic E-state index is 12.4. The van der Waals surface area contributed by atoms with Crippen LogP contribution in [0.15, 0.2) is 23.3 Å². The minimum Gasteiger partial charge on any atom is -0.504 e. The number of nitrogens with one attached hydrogen (secondary N) is 1. The van der Waals surface area contributed by atoms with E-state index >= 15 is 0 Å². The van der Waals surface area contributed by atoms with Crippen molar-refractivity contribution in [3.05, 3.63) is 23.8 Å². The van der Waals surface area contributed by atoms with E-state index in [2.05, 4.69) is 17.5 Å². The highest BCUT2D eigenvalue weighted by Crippen LogP contribution is 2.60. The molecule has 4 fully saturated rings. The number of benzene rings is 1. The number of aromatic hydroxyl groups is 1. The maximum Gasteiger partial charge on any atom is 0.275 e. The van der Waals surface area contributed by atoms with Crippen LogP contribution in [0.3, 0.4) is 0 Å². The minimum absolute atomic E-state index is 0.148. The van der Waals surface area contributed by atoms with Crippen molar-refractivity contribution >= 4 is 11.6 Å². The summed E-state index contributed by atoms with van der Waals surface area (Å²) in [4.78, 5) is 12.4. The van der Waals surface area contributed by atoms with Gasteiger partial charge in [-0.25, -0.2) is 5.43 Å². The van der Waals surface area contributed by atoms with Gasteiger partial charge >= 0.3 is 0 Å². The molecule has 0 saturated heterocycles. The standard InChI is InChI=1S/C20H26N2O3/c1-12(20-9-13-6-14(10-20)8-15(7-13)11-20)21-22-19(24)16-4-3-5-17(25-2)18(16)23/h3-5,13-15,23H,6-11H2,1-2H3,(H,22,24)/b21-12+. The molecule has 0 aliphatic heterocycles. The number of para-hydroxylation sites is 1. The third-order valence-corrected chi connectivity index (χ3v) is 6.59. The number of rotatable bonds is 4. The lowest BCUT2D eigenvalue weighted by atomic mass is 9.48. The largest absolute Gasteiger partial charge is 0.504 e. The predicted octanol–water partition coefficient (Wildman–Crippen LogP) is 3.72. The zero-order chi connectivity index (χ0) is 17.6. The number of carbonyl (C=O) groups is 1. The quantitative estimate of drug-likeness (QED) is 0.647. The number of hydrogen-bond donors (Lipinski definition) is 2. The monoisotopic (exact) mass is 342 g/mol. The number of phenolic OH excluding ortho intramolecular Hbond substituents is 1. The van der Waals surface area contributed by atoms with Gasteiger partial charge in [0.2, 0.25) is 0 Å². The summed E-state index contributed by atoms with van der Waals surface area (Å²) in [6, 6.07) is 4.88. The summed E-state index contributed by atoms with van der Waals surface area (Å²) in [5.41, 5.74) is 4.05. The van der Waals surface area contributed by atoms with Crippen LogP contribution in [-0.4, -0.2) is 23.8 Å². The molecule has 2 N–H and O–H groups in total. The Balaban J connectivity index is 1.51. The van der Waals surface area contributed by atoms with E-state index in [-0.39, 0.29) is 22.5 Å². The van der Waals surface area contributed by atoms with Gasteiger partial charge in [-0.2, -0.15) is 5.10 Å². The molecule has 0 atom stereocenters. The van der Waals surface area contributed by atoms with E-state index in [9.17, 15) is 9.90 Å². The van der Waals surface area contributed by atoms with Crippen molar-refractivity contribution in [3.63, 3.8) is 0 Å². The van der Waals surface area contributed by atoms with Gasteiger partial charge in [0, 0.05) is 11.1 Å². The van der Waals surface area contributed by atoms with Crippen LogP contribution < -0.4 is 10.2 Å². The van der Waals surface area contributed by atoms with Crippen molar-refractivity contribution in [2.24, 2.45) is 28.3 Å². The van der Waals surface area contributed by atoms with E-state index in [0.29, 0.717) is 0 Å². The van der Waals surface area contributed by atoms with Gasteiger partial charge < -0.3 is 9.84 Å². The Kier molecular flexibility index (Phi) is 3.97. The molecule has 0 spiro atoms. The van der Waals surface area contributed by atoms with Crippen molar-refractivity contribution in [1.29, 1.82) is 0 Å². The molecular formula is C20H26N2O3. The van der Waals surface area contributed by atoms with Gasteiger partial charge in [0.1, 0.15) is 0 Å². The lowest BCUT2D eigenvalue weighted by molar-refractivity contribution is -0.0128. The first-order valence-corrected chi connectivity index (χ1v) is 9.22. The molecule has 0 aromatic heterocycles. The van der Waals surface area contributed by atoms with Crippen LogP contribution in [0.5, 0.6) is 11.5 Å². The Hall–Kier alpha value is -2.04. The molecule has 4 aliphatic rings. The molecule has 5 heteroatoms. The second-order valence-electron chi connectivity index (χ2n) is 8.19. The molecular weight excluding hydrogens is 316 g/mol. The topological polar surface area (TPSA) is 70.9 Å². The zero-order valence-corrected chi connectivity index (χ0v) is 14.9. The number of amides is 1. The number of methoxy groups -OCH3 is 1. The summed E-state index contributed by atoms with van der Waals surface area (Å²) in [7, 11) is 1.46. The van der Waals surface area contributed by atoms with E-state index in [1.165, 1.54) is 45.6 Å². The fraction of sp³-hybridized carbons (Fsp3) is 0.600. The fourth-order valence-electron chi connectivity index (χ4n) is 5.74. The molecule has 4 bridgehead atoms. The molecule has 0 heterocycles. The van der Waals surface area contributed by atoms with Crippen molar-refractivity contribution in [2.75, 3.05) is 7.11 Å². The first kappa shape index (κ1) is 16.4. The van der Waals surface area contributed by atoms with Crippen molar-refractivity contribution in [3.8, 4) is 11.5 Å². The SMILES string of the molecule is COc1cccc(C(=O)N/N=C(\C)C23CC4CC(CC(C4)C2)C3)c1O. The molecule has 1 aromatic carbocycles. The molecule has 4 saturated carbocycles. The van der Waals surface area contributed by atoms with Gasteiger partial charge in [0.15, 0.2) is 11.5 Å². The van der Waals surface area contributed by atoms with Gasteiger partial charge in [0.05, 0.1) is 12.7 Å². The smallest absolute Gasteiger partial charge is 0.275 e. The van der Waals surface area contributed by atoms with E-state index < -0.39 is 5.91 Å². The van der Waals surface area contributed by atoms with Crippen LogP contribution in [0.4, 0.5) is 0 Å². The van der Waals surface area contributed by atoms with Crippen LogP contribution in [-0.2, 0) is 0 Å². The van der Waals surface area contributed by atoms with Crippen molar-refractivity contribution < 1.29 is 14.6 Å². The van der Waals surface area contributed by atoms with Gasteiger partial charge in [0.25, 0.3) is 5.91 Å². The van der Waals surface area contributed by atoms with Crippen LogP contribution in [0, 0.1) is 23.2 Å². The number of phenols is 1. The highest BCUT2D eigenvalue weighted by atomic mass is 16.5. The third kappa shape index (κ3) is 2.79. The molecule has 1 aromatic rings. The molecule has 1 amide bonds. The summed E-state index contributed by atoms with van der Waals surface area (Å²) in [6.07, 6.45) is 7.81. The highest BCUT2D eigenvalue weighted by molar-refractivity contribution is 5.98. The molecule has 0 unspecified atom stereocenters. The van der Waals surface area contributed by atoms with E-state index in [1.54, 1.807) is 18.2 Å². The number of hydrogen-bond acceptors (Lipinski definition) is 4. The number of ether oxygens (including phenoxy) is 1. The second kappa shape index (κ2) is 6.04. The molecule has 5 nitrogen and oxygen atoms in total. The van der Waals surface area contributed by atoms with Crippen molar-refractivity contribution in [2.45, 2.75) is 45.4 Å². The summed E-state index contributed by atoms with van der Waals surface area (Å²) >= 11 is 0. The lowest BCUT2D eigenvalue weighted by Crippen LogP contribution is -2.49. The maximum absolute atomic E-state index is 12.4. The average molecular weight is 342 g/mol. The van der Waals surface area contributed by atoms with Crippen LogP contribution in [0.1, 0.15) is 55.8 Å². The predicted molar refractivity (Wildman–Crippen MR) is 95.8 cm³/mol. The first-order valence-electron chi connectivity index (χ1n) is 9.22. The highest BCUT2D eigenvalue weighted by Gasteiger charge is 2.52. The zero-order valence-electron chi connectivity index (χ0n) is 14.9. The molecule has 0 radical (unpaired) electrons. The van der Waals surface area contributed by atoms with Crippen LogP contribution in [0.2, 0.25) is 0 Å². The Morgan fingerprint density at radius 3 is 2.36 bits per heavy atom. The van der Waals surface area contributed by atoms with Crippen molar-refractivity contribution in [1.82, 2.24) is 5.43 Å². The van der Waals surface area contributed by atoms with Crippen LogP contribution in [0.25, 0.3) is 0 Å². The summed E-state index contributed by atoms with van der Waals surface area (Å²) in [6.45, 7) is 2.05. The van der Waals surface area contributed by atoms with Gasteiger partial charge in [-0.1, -0.05) is 6.07 Å². The summed E-state index contributed by atoms with van der Waals surface area (Å²) in [5.74, 6) is 2.26. The van der Waals surface area contributed by atoms with Gasteiger partial charge in [-0.15, -0.1) is 0 Å². The average Bonchev–Trinajstić information content (AvgIpc) is 2.58. The normalized spacial score (nSPS) is 33.4. The Morgan fingerprint density at radius 2 is 1.80 bits per heavy atom. The Morgan fingerprint density at radius 1 is 1.20 bits per heavy atom. The molecule has 25 heavy (non-hydrogen) atoms. The molecule has 134 valence electrons. The minimum atomic E-state index is -0.402. The molecule has 4 aliphatic carbocycles. The van der Waals surface area contributed by atoms with Crippen LogP contribution >= 0.6 is 0 Å². The lowest BCUT2D eigenvalue weighted by Gasteiger charge is -2.56. The second-order valence-corrected chi connectivity index (χ2v) is 8.19. The third-order valence-electron chi connectivity index (χ3n) is 6.59. The van der Waals surface area contributed by atoms with Gasteiger partial charge in [-0.05, 0) is 75.3 Å². The number of hydrazone groups is 1. The molecule has 5 rings (SSSR count). The van der Waals surface area contributed by atoms with Gasteiger partial charge in [-0.3, -0.25) is 4.79 Å². The fourth-order valence-corrected chi connectivity index (χ4v) is 5.74. The van der Waals surface area contributed by atoms with E-state index in [4.69, 9.17) is 4.74 Å². The summed E-state index contributed by atoms with van der Waals surface area (Å²) in [5, 5.41) is 14.6. The van der Waals surface area contributed by atoms with E-state index in [1.807, 2.05) is 0 Å². The number of nitrogens with zero attached hydrogens (tertiary/aromatic N) is 1. The number of carbonyl (C=O) groups excluding carboxylic acids is 1. The Labute approximate surface area is 148 Å². The van der Waals surface area contributed by atoms with E-state index in [0.717, 1.165) is 23.5 Å².